The van der Waals surface area contributed by atoms with E-state index in [2.05, 4.69) is 15.6 Å². The predicted octanol–water partition coefficient (Wildman–Crippen LogP) is 3.55. The topological polar surface area (TPSA) is 74.3 Å². The summed E-state index contributed by atoms with van der Waals surface area (Å²) in [6.45, 7) is 3.06. The number of hydrogen-bond acceptors (Lipinski definition) is 3. The molecule has 3 amide bonds. The number of aryl methyl sites for hydroxylation is 1. The number of halogens is 3. The van der Waals surface area contributed by atoms with Crippen LogP contribution in [-0.2, 0) is 11.3 Å². The van der Waals surface area contributed by atoms with E-state index in [1.165, 1.54) is 12.3 Å². The fourth-order valence-electron chi connectivity index (χ4n) is 2.78. The number of amides is 3. The molecule has 0 saturated heterocycles. The van der Waals surface area contributed by atoms with Crippen LogP contribution in [0.3, 0.4) is 0 Å². The molecule has 1 aromatic heterocycles. The van der Waals surface area contributed by atoms with Crippen LogP contribution >= 0.6 is 11.6 Å². The van der Waals surface area contributed by atoms with Gasteiger partial charge in [-0.2, -0.15) is 0 Å². The molecule has 3 rings (SSSR count). The molecule has 0 fully saturated rings. The monoisotopic (exact) mass is 394 g/mol. The second kappa shape index (κ2) is 7.48. The molecule has 6 nitrogen and oxygen atoms in total. The number of fused-ring (bicyclic) bond motifs is 1. The zero-order valence-corrected chi connectivity index (χ0v) is 15.4. The Labute approximate surface area is 159 Å². The van der Waals surface area contributed by atoms with Crippen LogP contribution in [-0.4, -0.2) is 28.4 Å². The molecule has 0 aliphatic carbocycles. The van der Waals surface area contributed by atoms with E-state index in [-0.39, 0.29) is 24.3 Å². The minimum Gasteiger partial charge on any atom is -0.346 e. The van der Waals surface area contributed by atoms with E-state index >= 15 is 0 Å². The SMILES string of the molecule is Cc1cc(C(C)NC(=O)CN2Cc3c(ccc(F)c3F)NC2=O)ncc1Cl. The number of aromatic nitrogens is 1. The van der Waals surface area contributed by atoms with Crippen molar-refractivity contribution in [1.29, 1.82) is 0 Å². The van der Waals surface area contributed by atoms with Crippen molar-refractivity contribution in [3.63, 3.8) is 0 Å². The van der Waals surface area contributed by atoms with Crippen LogP contribution in [0.4, 0.5) is 19.3 Å². The standard InChI is InChI=1S/C18H17ClF2N4O2/c1-9-5-15(22-6-12(9)19)10(2)23-16(26)8-25-7-11-14(24-18(25)27)4-3-13(20)17(11)21/h3-6,10H,7-8H2,1-2H3,(H,23,26)(H,24,27). The lowest BCUT2D eigenvalue weighted by molar-refractivity contribution is -0.122. The van der Waals surface area contributed by atoms with Crippen LogP contribution < -0.4 is 10.6 Å². The fraction of sp³-hybridized carbons (Fsp3) is 0.278. The van der Waals surface area contributed by atoms with Gasteiger partial charge in [-0.15, -0.1) is 0 Å². The number of carbonyl (C=O) groups excluding carboxylic acids is 2. The van der Waals surface area contributed by atoms with Crippen LogP contribution in [0.25, 0.3) is 0 Å². The number of rotatable bonds is 4. The Morgan fingerprint density at radius 2 is 2.19 bits per heavy atom. The summed E-state index contributed by atoms with van der Waals surface area (Å²) >= 11 is 5.94. The maximum atomic E-state index is 14.0. The number of nitrogens with zero attached hydrogens (tertiary/aromatic N) is 2. The number of pyridine rings is 1. The van der Waals surface area contributed by atoms with Crippen molar-refractivity contribution < 1.29 is 18.4 Å². The van der Waals surface area contributed by atoms with Gasteiger partial charge in [-0.1, -0.05) is 11.6 Å². The molecule has 2 aromatic rings. The summed E-state index contributed by atoms with van der Waals surface area (Å²) in [7, 11) is 0. The Bertz CT molecular complexity index is 922. The van der Waals surface area contributed by atoms with Crippen LogP contribution in [0.15, 0.2) is 24.4 Å². The molecule has 0 spiro atoms. The van der Waals surface area contributed by atoms with Crippen molar-refractivity contribution in [2.45, 2.75) is 26.4 Å². The van der Waals surface area contributed by atoms with Gasteiger partial charge < -0.3 is 15.5 Å². The number of benzene rings is 1. The van der Waals surface area contributed by atoms with Crippen LogP contribution in [0, 0.1) is 18.6 Å². The summed E-state index contributed by atoms with van der Waals surface area (Å²) in [4.78, 5) is 29.7. The van der Waals surface area contributed by atoms with Crippen molar-refractivity contribution in [1.82, 2.24) is 15.2 Å². The lowest BCUT2D eigenvalue weighted by Gasteiger charge is -2.29. The van der Waals surface area contributed by atoms with E-state index in [0.29, 0.717) is 10.7 Å². The molecule has 1 aromatic carbocycles. The van der Waals surface area contributed by atoms with Crippen molar-refractivity contribution in [3.8, 4) is 0 Å². The Balaban J connectivity index is 1.67. The molecule has 9 heteroatoms. The molecular weight excluding hydrogens is 378 g/mol. The van der Waals surface area contributed by atoms with Gasteiger partial charge in [0.1, 0.15) is 6.54 Å². The number of carbonyl (C=O) groups is 2. The second-order valence-corrected chi connectivity index (χ2v) is 6.73. The molecule has 1 aliphatic heterocycles. The summed E-state index contributed by atoms with van der Waals surface area (Å²) in [6.07, 6.45) is 1.50. The molecule has 0 bridgehead atoms. The van der Waals surface area contributed by atoms with Crippen molar-refractivity contribution in [3.05, 3.63) is 57.9 Å². The lowest BCUT2D eigenvalue weighted by Crippen LogP contribution is -2.45. The maximum Gasteiger partial charge on any atom is 0.322 e. The van der Waals surface area contributed by atoms with Gasteiger partial charge in [0, 0.05) is 11.8 Å². The Morgan fingerprint density at radius 1 is 1.44 bits per heavy atom. The molecule has 1 aliphatic rings. The first kappa shape index (κ1) is 19.0. The van der Waals surface area contributed by atoms with Gasteiger partial charge in [-0.25, -0.2) is 13.6 Å². The smallest absolute Gasteiger partial charge is 0.322 e. The summed E-state index contributed by atoms with van der Waals surface area (Å²) < 4.78 is 27.4. The highest BCUT2D eigenvalue weighted by molar-refractivity contribution is 6.31. The van der Waals surface area contributed by atoms with Gasteiger partial charge in [0.2, 0.25) is 5.91 Å². The number of urea groups is 1. The summed E-state index contributed by atoms with van der Waals surface area (Å²) in [6, 6.07) is 3.02. The minimum atomic E-state index is -1.04. The molecule has 2 heterocycles. The normalized spacial score (nSPS) is 14.4. The number of hydrogen-bond donors (Lipinski definition) is 2. The number of nitrogens with one attached hydrogen (secondary N) is 2. The average molecular weight is 395 g/mol. The van der Waals surface area contributed by atoms with Crippen LogP contribution in [0.1, 0.15) is 29.8 Å². The van der Waals surface area contributed by atoms with Crippen LogP contribution in [0.2, 0.25) is 5.02 Å². The Morgan fingerprint density at radius 3 is 2.89 bits per heavy atom. The first-order valence-electron chi connectivity index (χ1n) is 8.20. The molecule has 1 atom stereocenters. The summed E-state index contributed by atoms with van der Waals surface area (Å²) in [5, 5.41) is 5.71. The minimum absolute atomic E-state index is 0.00504. The summed E-state index contributed by atoms with van der Waals surface area (Å²) in [5.41, 5.74) is 1.65. The van der Waals surface area contributed by atoms with E-state index in [1.54, 1.807) is 13.0 Å². The molecular formula is C18H17ClF2N4O2. The predicted molar refractivity (Wildman–Crippen MR) is 96.3 cm³/mol. The number of anilines is 1. The second-order valence-electron chi connectivity index (χ2n) is 6.32. The van der Waals surface area contributed by atoms with Crippen molar-refractivity contribution >= 4 is 29.2 Å². The van der Waals surface area contributed by atoms with E-state index in [9.17, 15) is 18.4 Å². The van der Waals surface area contributed by atoms with Gasteiger partial charge in [0.05, 0.1) is 29.0 Å². The fourth-order valence-corrected chi connectivity index (χ4v) is 2.88. The third kappa shape index (κ3) is 4.00. The van der Waals surface area contributed by atoms with Crippen LogP contribution in [0.5, 0.6) is 0 Å². The van der Waals surface area contributed by atoms with Gasteiger partial charge in [-0.05, 0) is 37.6 Å². The maximum absolute atomic E-state index is 14.0. The van der Waals surface area contributed by atoms with Gasteiger partial charge >= 0.3 is 6.03 Å². The molecule has 142 valence electrons. The van der Waals surface area contributed by atoms with E-state index in [4.69, 9.17) is 11.6 Å². The third-order valence-corrected chi connectivity index (χ3v) is 4.69. The molecule has 1 unspecified atom stereocenters. The third-order valence-electron chi connectivity index (χ3n) is 4.30. The van der Waals surface area contributed by atoms with Gasteiger partial charge in [-0.3, -0.25) is 9.78 Å². The zero-order chi connectivity index (χ0) is 19.7. The first-order valence-corrected chi connectivity index (χ1v) is 8.58. The van der Waals surface area contributed by atoms with Gasteiger partial charge in [0.25, 0.3) is 0 Å². The average Bonchev–Trinajstić information content (AvgIpc) is 2.62. The van der Waals surface area contributed by atoms with E-state index < -0.39 is 29.6 Å². The van der Waals surface area contributed by atoms with E-state index in [1.807, 2.05) is 6.92 Å². The Kier molecular flexibility index (Phi) is 5.27. The van der Waals surface area contributed by atoms with E-state index in [0.717, 1.165) is 16.5 Å². The highest BCUT2D eigenvalue weighted by Gasteiger charge is 2.28. The lowest BCUT2D eigenvalue weighted by atomic mass is 10.1. The van der Waals surface area contributed by atoms with Crippen molar-refractivity contribution in [2.75, 3.05) is 11.9 Å². The molecule has 27 heavy (non-hydrogen) atoms. The zero-order valence-electron chi connectivity index (χ0n) is 14.6. The summed E-state index contributed by atoms with van der Waals surface area (Å²) in [5.74, 6) is -2.49. The quantitative estimate of drug-likeness (QED) is 0.832. The molecule has 0 radical (unpaired) electrons. The highest BCUT2D eigenvalue weighted by atomic mass is 35.5. The van der Waals surface area contributed by atoms with Gasteiger partial charge in [0.15, 0.2) is 11.6 Å². The first-order chi connectivity index (χ1) is 12.8. The molecule has 0 saturated carbocycles. The largest absolute Gasteiger partial charge is 0.346 e. The van der Waals surface area contributed by atoms with Crippen molar-refractivity contribution in [2.24, 2.45) is 0 Å². The highest BCUT2D eigenvalue weighted by Crippen LogP contribution is 2.27. The molecule has 2 N–H and O–H groups in total. The Hall–Kier alpha value is -2.74.